The number of methoxy groups -OCH3 is 2. The third-order valence-electron chi connectivity index (χ3n) is 6.90. The lowest BCUT2D eigenvalue weighted by atomic mass is 9.89. The maximum atomic E-state index is 12.9. The van der Waals surface area contributed by atoms with E-state index in [1.807, 2.05) is 36.4 Å². The molecule has 0 fully saturated rings. The number of ether oxygens (including phenoxy) is 4. The minimum Gasteiger partial charge on any atom is -1.00 e. The molecule has 0 radical (unpaired) electrons. The van der Waals surface area contributed by atoms with Crippen molar-refractivity contribution in [3.8, 4) is 34.3 Å². The number of pyridine rings is 1. The van der Waals surface area contributed by atoms with Gasteiger partial charge in [0, 0.05) is 29.5 Å². The van der Waals surface area contributed by atoms with Gasteiger partial charge in [-0.3, -0.25) is 4.79 Å². The number of fused-ring (bicyclic) bond motifs is 5. The molecule has 0 saturated heterocycles. The van der Waals surface area contributed by atoms with Crippen LogP contribution in [-0.2, 0) is 24.2 Å². The highest BCUT2D eigenvalue weighted by Gasteiger charge is 2.32. The number of halogens is 1. The number of nitrogens with one attached hydrogen (secondary N) is 1. The molecule has 0 aliphatic carbocycles. The van der Waals surface area contributed by atoms with Gasteiger partial charge in [0.05, 0.1) is 25.2 Å². The van der Waals surface area contributed by atoms with Crippen LogP contribution in [0.25, 0.3) is 22.0 Å². The van der Waals surface area contributed by atoms with Crippen molar-refractivity contribution in [2.24, 2.45) is 0 Å². The molecule has 3 heterocycles. The summed E-state index contributed by atoms with van der Waals surface area (Å²) < 4.78 is 24.9. The van der Waals surface area contributed by atoms with Crippen molar-refractivity contribution in [3.05, 3.63) is 71.9 Å². The van der Waals surface area contributed by atoms with Crippen LogP contribution in [0, 0.1) is 0 Å². The molecule has 0 saturated carbocycles. The topological polar surface area (TPSA) is 69.9 Å². The SMILES string of the molecule is COc1ccc2c(CCC(=O)Nc3ccccc3)c3[n+](cc2c1OC)CCc1cc2c(cc1-3)OCO2.[I-]. The fraction of sp³-hybridized carbons (Fsp3) is 0.241. The van der Waals surface area contributed by atoms with Gasteiger partial charge in [-0.15, -0.1) is 0 Å². The van der Waals surface area contributed by atoms with Crippen LogP contribution >= 0.6 is 0 Å². The smallest absolute Gasteiger partial charge is 0.231 e. The van der Waals surface area contributed by atoms with Gasteiger partial charge in [0.1, 0.15) is 0 Å². The summed E-state index contributed by atoms with van der Waals surface area (Å²) in [6, 6.07) is 17.7. The largest absolute Gasteiger partial charge is 1.00 e. The molecule has 8 heteroatoms. The van der Waals surface area contributed by atoms with Crippen molar-refractivity contribution >= 4 is 22.4 Å². The summed E-state index contributed by atoms with van der Waals surface area (Å²) in [4.78, 5) is 12.9. The highest BCUT2D eigenvalue weighted by Crippen LogP contribution is 2.43. The predicted octanol–water partition coefficient (Wildman–Crippen LogP) is 1.67. The average Bonchev–Trinajstić information content (AvgIpc) is 3.37. The van der Waals surface area contributed by atoms with Gasteiger partial charge in [-0.1, -0.05) is 18.2 Å². The highest BCUT2D eigenvalue weighted by atomic mass is 127. The van der Waals surface area contributed by atoms with E-state index in [0.717, 1.165) is 57.7 Å². The van der Waals surface area contributed by atoms with E-state index < -0.39 is 0 Å². The summed E-state index contributed by atoms with van der Waals surface area (Å²) in [6.45, 7) is 1.04. The first-order chi connectivity index (χ1) is 17.7. The van der Waals surface area contributed by atoms with Crippen LogP contribution in [0.15, 0.2) is 60.8 Å². The Morgan fingerprint density at radius 3 is 2.54 bits per heavy atom. The number of rotatable bonds is 6. The fourth-order valence-corrected chi connectivity index (χ4v) is 5.25. The van der Waals surface area contributed by atoms with E-state index in [2.05, 4.69) is 34.3 Å². The number of aromatic nitrogens is 1. The zero-order valence-corrected chi connectivity index (χ0v) is 22.8. The Labute approximate surface area is 232 Å². The molecule has 4 aromatic rings. The van der Waals surface area contributed by atoms with Crippen LogP contribution in [0.2, 0.25) is 0 Å². The van der Waals surface area contributed by atoms with E-state index in [1.54, 1.807) is 14.2 Å². The predicted molar refractivity (Wildman–Crippen MR) is 136 cm³/mol. The van der Waals surface area contributed by atoms with Crippen LogP contribution in [0.1, 0.15) is 17.5 Å². The standard InChI is InChI=1S/C29H26N2O5.HI/c1-33-24-10-8-20-21(9-11-27(32)30-19-6-4-3-5-7-19)28-22-15-26-25(35-17-36-26)14-18(22)12-13-31(28)16-23(20)29(24)34-2;/h3-8,10,14-16H,9,11-13,17H2,1-2H3;1H. The summed E-state index contributed by atoms with van der Waals surface area (Å²) in [6.07, 6.45) is 3.91. The Morgan fingerprint density at radius 1 is 1.00 bits per heavy atom. The lowest BCUT2D eigenvalue weighted by Crippen LogP contribution is -3.00. The first kappa shape index (κ1) is 25.1. The van der Waals surface area contributed by atoms with Crippen molar-refractivity contribution in [2.45, 2.75) is 25.8 Å². The number of carbonyl (C=O) groups is 1. The monoisotopic (exact) mass is 610 g/mol. The molecular weight excluding hydrogens is 583 g/mol. The summed E-state index contributed by atoms with van der Waals surface area (Å²) in [5.74, 6) is 2.88. The summed E-state index contributed by atoms with van der Waals surface area (Å²) in [5, 5.41) is 5.01. The van der Waals surface area contributed by atoms with Crippen molar-refractivity contribution in [1.29, 1.82) is 0 Å². The molecule has 2 aliphatic heterocycles. The Bertz CT molecular complexity index is 1490. The van der Waals surface area contributed by atoms with Gasteiger partial charge in [-0.05, 0) is 48.4 Å². The van der Waals surface area contributed by atoms with Gasteiger partial charge in [-0.2, -0.15) is 4.57 Å². The van der Waals surface area contributed by atoms with Gasteiger partial charge in [0.15, 0.2) is 35.7 Å². The summed E-state index contributed by atoms with van der Waals surface area (Å²) in [5.41, 5.74) is 5.31. The number of hydrogen-bond donors (Lipinski definition) is 1. The van der Waals surface area contributed by atoms with Crippen LogP contribution in [0.4, 0.5) is 5.69 Å². The third-order valence-corrected chi connectivity index (χ3v) is 6.90. The molecule has 3 aromatic carbocycles. The van der Waals surface area contributed by atoms with Crippen LogP contribution in [0.3, 0.4) is 0 Å². The Hall–Kier alpha value is -3.53. The van der Waals surface area contributed by atoms with E-state index in [0.29, 0.717) is 24.3 Å². The minimum atomic E-state index is -0.0286. The summed E-state index contributed by atoms with van der Waals surface area (Å²) in [7, 11) is 3.30. The van der Waals surface area contributed by atoms with Crippen molar-refractivity contribution in [1.82, 2.24) is 0 Å². The maximum absolute atomic E-state index is 12.9. The second kappa shape index (κ2) is 10.5. The molecular formula is C29H27IN2O5. The van der Waals surface area contributed by atoms with Crippen molar-refractivity contribution < 1.29 is 52.3 Å². The number of benzene rings is 3. The number of anilines is 1. The van der Waals surface area contributed by atoms with Crippen LogP contribution in [-0.4, -0.2) is 26.9 Å². The Balaban J connectivity index is 0.00000280. The number of para-hydroxylation sites is 1. The molecule has 6 rings (SSSR count). The zero-order chi connectivity index (χ0) is 24.6. The Kier molecular flexibility index (Phi) is 7.10. The quantitative estimate of drug-likeness (QED) is 0.266. The second-order valence-electron chi connectivity index (χ2n) is 8.94. The zero-order valence-electron chi connectivity index (χ0n) is 20.7. The van der Waals surface area contributed by atoms with E-state index in [9.17, 15) is 4.79 Å². The molecule has 190 valence electrons. The maximum Gasteiger partial charge on any atom is 0.231 e. The van der Waals surface area contributed by atoms with Gasteiger partial charge >= 0.3 is 0 Å². The first-order valence-corrected chi connectivity index (χ1v) is 12.0. The number of amides is 1. The molecule has 0 atom stereocenters. The second-order valence-corrected chi connectivity index (χ2v) is 8.94. The lowest BCUT2D eigenvalue weighted by molar-refractivity contribution is -0.686. The molecule has 1 N–H and O–H groups in total. The van der Waals surface area contributed by atoms with Gasteiger partial charge in [-0.25, -0.2) is 0 Å². The number of hydrogen-bond acceptors (Lipinski definition) is 5. The van der Waals surface area contributed by atoms with E-state index in [4.69, 9.17) is 18.9 Å². The van der Waals surface area contributed by atoms with Crippen LogP contribution in [0.5, 0.6) is 23.0 Å². The number of carbonyl (C=O) groups excluding carboxylic acids is 1. The van der Waals surface area contributed by atoms with Crippen molar-refractivity contribution in [2.75, 3.05) is 26.3 Å². The highest BCUT2D eigenvalue weighted by molar-refractivity contribution is 5.96. The van der Waals surface area contributed by atoms with Gasteiger partial charge in [0.2, 0.25) is 18.4 Å². The Morgan fingerprint density at radius 2 is 1.78 bits per heavy atom. The normalized spacial score (nSPS) is 12.8. The minimum absolute atomic E-state index is 0. The summed E-state index contributed by atoms with van der Waals surface area (Å²) >= 11 is 0. The molecule has 37 heavy (non-hydrogen) atoms. The molecule has 7 nitrogen and oxygen atoms in total. The molecule has 2 aliphatic rings. The molecule has 1 aromatic heterocycles. The van der Waals surface area contributed by atoms with Gasteiger partial charge in [0.25, 0.3) is 0 Å². The van der Waals surface area contributed by atoms with E-state index >= 15 is 0 Å². The van der Waals surface area contributed by atoms with E-state index in [1.165, 1.54) is 5.56 Å². The lowest BCUT2D eigenvalue weighted by Gasteiger charge is -2.21. The third kappa shape index (κ3) is 4.54. The van der Waals surface area contributed by atoms with Crippen LogP contribution < -0.4 is 52.8 Å². The molecule has 0 spiro atoms. The average molecular weight is 610 g/mol. The molecule has 0 unspecified atom stereocenters. The fourth-order valence-electron chi connectivity index (χ4n) is 5.25. The molecule has 1 amide bonds. The van der Waals surface area contributed by atoms with Crippen molar-refractivity contribution in [3.63, 3.8) is 0 Å². The number of nitrogens with zero attached hydrogens (tertiary/aromatic N) is 1. The first-order valence-electron chi connectivity index (χ1n) is 12.0. The van der Waals surface area contributed by atoms with E-state index in [-0.39, 0.29) is 36.7 Å². The molecule has 0 bridgehead atoms. The number of aryl methyl sites for hydroxylation is 3. The van der Waals surface area contributed by atoms with Gasteiger partial charge < -0.3 is 48.2 Å².